The molecule has 0 spiro atoms. The van der Waals surface area contributed by atoms with E-state index in [1.54, 1.807) is 6.07 Å². The SMILES string of the molecule is Cc1ccc(-c2c(Cl)cc(F)cc2Cl)c2c1C1CC1CO2.O=C(O)CNC(=O)c1c(Cl)cccc1Cl. The minimum Gasteiger partial charge on any atom is -0.492 e. The Morgan fingerprint density at radius 3 is 2.31 bits per heavy atom. The van der Waals surface area contributed by atoms with Crippen LogP contribution in [0.15, 0.2) is 42.5 Å². The van der Waals surface area contributed by atoms with E-state index >= 15 is 0 Å². The van der Waals surface area contributed by atoms with Crippen molar-refractivity contribution in [2.75, 3.05) is 13.2 Å². The van der Waals surface area contributed by atoms with Crippen LogP contribution in [-0.4, -0.2) is 30.1 Å². The van der Waals surface area contributed by atoms with Crippen molar-refractivity contribution in [2.24, 2.45) is 5.92 Å². The Bertz CT molecular complexity index is 1320. The molecule has 3 aromatic rings. The zero-order valence-electron chi connectivity index (χ0n) is 18.9. The van der Waals surface area contributed by atoms with Crippen LogP contribution in [0, 0.1) is 18.7 Å². The standard InChI is InChI=1S/C17H13Cl2FO.C9H7Cl2NO3/c1-8-2-3-11(16-13(18)5-10(20)6-14(16)19)17-15(8)12-4-9(12)7-21-17;10-5-2-1-3-6(11)8(5)9(15)12-4-7(13)14/h2-3,5-6,9,12H,4,7H2,1H3;1-3H,4H2,(H,12,15)(H,13,14). The van der Waals surface area contributed by atoms with E-state index in [0.717, 1.165) is 17.9 Å². The number of fused-ring (bicyclic) bond motifs is 3. The number of hydrogen-bond acceptors (Lipinski definition) is 3. The Hall–Kier alpha value is -2.51. The van der Waals surface area contributed by atoms with Gasteiger partial charge in [0.1, 0.15) is 18.1 Å². The molecule has 0 bridgehead atoms. The molecule has 1 aliphatic heterocycles. The van der Waals surface area contributed by atoms with Gasteiger partial charge in [-0.3, -0.25) is 9.59 Å². The van der Waals surface area contributed by atoms with Gasteiger partial charge in [-0.1, -0.05) is 64.6 Å². The number of hydrogen-bond donors (Lipinski definition) is 2. The van der Waals surface area contributed by atoms with Crippen LogP contribution >= 0.6 is 46.4 Å². The zero-order chi connectivity index (χ0) is 26.1. The molecule has 1 heterocycles. The smallest absolute Gasteiger partial charge is 0.322 e. The van der Waals surface area contributed by atoms with Crippen LogP contribution in [0.25, 0.3) is 11.1 Å². The summed E-state index contributed by atoms with van der Waals surface area (Å²) in [5.41, 5.74) is 4.09. The second kappa shape index (κ2) is 10.9. The van der Waals surface area contributed by atoms with Gasteiger partial charge in [-0.2, -0.15) is 0 Å². The van der Waals surface area contributed by atoms with E-state index < -0.39 is 24.2 Å². The number of benzene rings is 3. The van der Waals surface area contributed by atoms with Gasteiger partial charge < -0.3 is 15.2 Å². The lowest BCUT2D eigenvalue weighted by atomic mass is 9.93. The molecule has 0 radical (unpaired) electrons. The lowest BCUT2D eigenvalue weighted by Gasteiger charge is -2.23. The van der Waals surface area contributed by atoms with E-state index in [0.29, 0.717) is 27.4 Å². The van der Waals surface area contributed by atoms with Crippen molar-refractivity contribution in [1.82, 2.24) is 5.32 Å². The van der Waals surface area contributed by atoms with Crippen LogP contribution in [0.4, 0.5) is 4.39 Å². The molecule has 5 nitrogen and oxygen atoms in total. The number of carbonyl (C=O) groups is 2. The Morgan fingerprint density at radius 1 is 1.06 bits per heavy atom. The van der Waals surface area contributed by atoms with Crippen molar-refractivity contribution in [1.29, 1.82) is 0 Å². The van der Waals surface area contributed by atoms with Gasteiger partial charge in [-0.25, -0.2) is 4.39 Å². The monoisotopic (exact) mass is 569 g/mol. The lowest BCUT2D eigenvalue weighted by molar-refractivity contribution is -0.135. The van der Waals surface area contributed by atoms with Crippen LogP contribution in [0.2, 0.25) is 20.1 Å². The van der Waals surface area contributed by atoms with Crippen molar-refractivity contribution in [3.8, 4) is 16.9 Å². The Balaban J connectivity index is 0.000000181. The first-order chi connectivity index (χ1) is 17.1. The second-order valence-corrected chi connectivity index (χ2v) is 10.1. The van der Waals surface area contributed by atoms with Crippen LogP contribution in [0.3, 0.4) is 0 Å². The average molecular weight is 571 g/mol. The van der Waals surface area contributed by atoms with E-state index in [9.17, 15) is 14.0 Å². The molecule has 1 fully saturated rings. The molecule has 2 atom stereocenters. The molecule has 5 rings (SSSR count). The summed E-state index contributed by atoms with van der Waals surface area (Å²) >= 11 is 23.9. The van der Waals surface area contributed by atoms with Gasteiger partial charge in [0.05, 0.1) is 32.3 Å². The van der Waals surface area contributed by atoms with E-state index in [1.165, 1.54) is 41.8 Å². The number of rotatable bonds is 4. The van der Waals surface area contributed by atoms with Gasteiger partial charge in [0.25, 0.3) is 5.91 Å². The molecule has 2 N–H and O–H groups in total. The van der Waals surface area contributed by atoms with E-state index in [2.05, 4.69) is 18.3 Å². The highest BCUT2D eigenvalue weighted by molar-refractivity contribution is 6.40. The Kier molecular flexibility index (Phi) is 8.00. The molecule has 2 unspecified atom stereocenters. The van der Waals surface area contributed by atoms with Crippen molar-refractivity contribution < 1.29 is 23.8 Å². The van der Waals surface area contributed by atoms with Crippen LogP contribution < -0.4 is 10.1 Å². The Labute approximate surface area is 227 Å². The molecular formula is C26H20Cl4FNO4. The minimum atomic E-state index is -1.13. The van der Waals surface area contributed by atoms with E-state index in [1.807, 2.05) is 6.07 Å². The summed E-state index contributed by atoms with van der Waals surface area (Å²) in [6.07, 6.45) is 1.18. The predicted octanol–water partition coefficient (Wildman–Crippen LogP) is 7.41. The predicted molar refractivity (Wildman–Crippen MR) is 139 cm³/mol. The van der Waals surface area contributed by atoms with Crippen molar-refractivity contribution in [2.45, 2.75) is 19.3 Å². The largest absolute Gasteiger partial charge is 0.492 e. The van der Waals surface area contributed by atoms with Crippen LogP contribution in [-0.2, 0) is 4.79 Å². The first-order valence-electron chi connectivity index (χ1n) is 10.9. The van der Waals surface area contributed by atoms with Gasteiger partial charge in [-0.05, 0) is 49.1 Å². The molecular weight excluding hydrogens is 551 g/mol. The third-order valence-corrected chi connectivity index (χ3v) is 7.24. The first kappa shape index (κ1) is 26.6. The molecule has 1 aliphatic carbocycles. The van der Waals surface area contributed by atoms with Gasteiger partial charge in [0.2, 0.25) is 0 Å². The highest BCUT2D eigenvalue weighted by Crippen LogP contribution is 2.57. The quantitative estimate of drug-likeness (QED) is 0.342. The van der Waals surface area contributed by atoms with Crippen molar-refractivity contribution in [3.05, 3.63) is 85.1 Å². The third kappa shape index (κ3) is 5.57. The van der Waals surface area contributed by atoms with Crippen LogP contribution in [0.1, 0.15) is 33.8 Å². The Morgan fingerprint density at radius 2 is 1.69 bits per heavy atom. The van der Waals surface area contributed by atoms with Gasteiger partial charge in [0, 0.05) is 22.6 Å². The fraction of sp³-hybridized carbons (Fsp3) is 0.231. The lowest BCUT2D eigenvalue weighted by Crippen LogP contribution is -2.29. The summed E-state index contributed by atoms with van der Waals surface area (Å²) in [6.45, 7) is 2.37. The summed E-state index contributed by atoms with van der Waals surface area (Å²) in [4.78, 5) is 21.7. The minimum absolute atomic E-state index is 0.0853. The summed E-state index contributed by atoms with van der Waals surface area (Å²) < 4.78 is 19.4. The number of carboxylic acid groups (broad SMARTS) is 1. The molecule has 0 aromatic heterocycles. The molecule has 188 valence electrons. The molecule has 3 aromatic carbocycles. The summed E-state index contributed by atoms with van der Waals surface area (Å²) in [6, 6.07) is 11.2. The fourth-order valence-corrected chi connectivity index (χ4v) is 5.48. The topological polar surface area (TPSA) is 75.6 Å². The average Bonchev–Trinajstić information content (AvgIpc) is 3.59. The maximum absolute atomic E-state index is 13.4. The molecule has 0 saturated heterocycles. The number of aryl methyl sites for hydroxylation is 1. The number of carbonyl (C=O) groups excluding carboxylic acids is 1. The molecule has 1 amide bonds. The normalized spacial score (nSPS) is 17.1. The van der Waals surface area contributed by atoms with E-state index in [4.69, 9.17) is 56.2 Å². The number of nitrogens with one attached hydrogen (secondary N) is 1. The molecule has 2 aliphatic rings. The maximum atomic E-state index is 13.4. The molecule has 1 saturated carbocycles. The highest BCUT2D eigenvalue weighted by atomic mass is 35.5. The van der Waals surface area contributed by atoms with Crippen molar-refractivity contribution in [3.63, 3.8) is 0 Å². The number of ether oxygens (including phenoxy) is 1. The number of carboxylic acids is 1. The summed E-state index contributed by atoms with van der Waals surface area (Å²) in [7, 11) is 0. The van der Waals surface area contributed by atoms with Gasteiger partial charge in [0.15, 0.2) is 0 Å². The number of halogens is 5. The van der Waals surface area contributed by atoms with Gasteiger partial charge in [-0.15, -0.1) is 0 Å². The highest BCUT2D eigenvalue weighted by Gasteiger charge is 2.45. The fourth-order valence-electron chi connectivity index (χ4n) is 4.25. The molecule has 36 heavy (non-hydrogen) atoms. The van der Waals surface area contributed by atoms with Crippen molar-refractivity contribution >= 4 is 58.3 Å². The second-order valence-electron chi connectivity index (χ2n) is 8.50. The number of amides is 1. The van der Waals surface area contributed by atoms with E-state index in [-0.39, 0.29) is 15.6 Å². The zero-order valence-corrected chi connectivity index (χ0v) is 21.9. The summed E-state index contributed by atoms with van der Waals surface area (Å²) in [5, 5.41) is 11.5. The molecule has 10 heteroatoms. The van der Waals surface area contributed by atoms with Crippen LogP contribution in [0.5, 0.6) is 5.75 Å². The third-order valence-electron chi connectivity index (χ3n) is 6.02. The summed E-state index contributed by atoms with van der Waals surface area (Å²) in [5.74, 6) is -0.0705. The maximum Gasteiger partial charge on any atom is 0.322 e. The first-order valence-corrected chi connectivity index (χ1v) is 12.4. The van der Waals surface area contributed by atoms with Gasteiger partial charge >= 0.3 is 5.97 Å². The number of aliphatic carboxylic acids is 1.